The van der Waals surface area contributed by atoms with Crippen molar-refractivity contribution < 1.29 is 9.13 Å². The van der Waals surface area contributed by atoms with Gasteiger partial charge in [-0.1, -0.05) is 0 Å². The number of aryl methyl sites for hydroxylation is 1. The van der Waals surface area contributed by atoms with Crippen molar-refractivity contribution in [2.24, 2.45) is 0 Å². The van der Waals surface area contributed by atoms with Crippen molar-refractivity contribution in [3.63, 3.8) is 0 Å². The minimum Gasteiger partial charge on any atom is -0.482 e. The van der Waals surface area contributed by atoms with Crippen molar-refractivity contribution >= 4 is 5.82 Å². The summed E-state index contributed by atoms with van der Waals surface area (Å²) in [7, 11) is 0. The van der Waals surface area contributed by atoms with Gasteiger partial charge in [0.1, 0.15) is 18.0 Å². The van der Waals surface area contributed by atoms with Crippen molar-refractivity contribution in [1.82, 2.24) is 24.5 Å². The van der Waals surface area contributed by atoms with E-state index in [1.807, 2.05) is 24.6 Å². The summed E-state index contributed by atoms with van der Waals surface area (Å²) in [6, 6.07) is 8.47. The van der Waals surface area contributed by atoms with Gasteiger partial charge in [-0.05, 0) is 38.1 Å². The Balaban J connectivity index is 1.83. The van der Waals surface area contributed by atoms with Gasteiger partial charge in [-0.25, -0.2) is 9.37 Å². The summed E-state index contributed by atoms with van der Waals surface area (Å²) in [4.78, 5) is 4.32. The van der Waals surface area contributed by atoms with Crippen LogP contribution in [0, 0.1) is 17.1 Å². The van der Waals surface area contributed by atoms with E-state index in [1.54, 1.807) is 23.1 Å². The van der Waals surface area contributed by atoms with Crippen LogP contribution in [0.25, 0.3) is 22.5 Å². The van der Waals surface area contributed by atoms with Crippen LogP contribution in [-0.2, 0) is 13.1 Å². The first-order chi connectivity index (χ1) is 15.5. The number of nitrogen functional groups attached to an aromatic ring is 1. The number of hydrogen-bond acceptors (Lipinski definition) is 6. The summed E-state index contributed by atoms with van der Waals surface area (Å²) in [5, 5.41) is 18.7. The highest BCUT2D eigenvalue weighted by Gasteiger charge is 2.25. The molecular formula is C23H20FN7O. The lowest BCUT2D eigenvalue weighted by molar-refractivity contribution is 0.227. The van der Waals surface area contributed by atoms with Gasteiger partial charge in [0.2, 0.25) is 0 Å². The van der Waals surface area contributed by atoms with E-state index in [0.29, 0.717) is 41.2 Å². The molecule has 0 fully saturated rings. The largest absolute Gasteiger partial charge is 0.482 e. The first-order valence-corrected chi connectivity index (χ1v) is 10.2. The van der Waals surface area contributed by atoms with Gasteiger partial charge >= 0.3 is 0 Å². The van der Waals surface area contributed by atoms with Crippen molar-refractivity contribution in [2.45, 2.75) is 33.0 Å². The van der Waals surface area contributed by atoms with Crippen molar-refractivity contribution in [1.29, 1.82) is 5.26 Å². The SMILES string of the molecule is CCn1ncc2c1-c1cnc(N)c(c1)OC(C)c1cc(F)ccc1-c1c(C#N)cnn1C2. The summed E-state index contributed by atoms with van der Waals surface area (Å²) in [5.74, 6) is 0.235. The molecule has 0 aliphatic carbocycles. The molecule has 32 heavy (non-hydrogen) atoms. The van der Waals surface area contributed by atoms with Crippen molar-refractivity contribution in [3.05, 3.63) is 65.4 Å². The number of rotatable bonds is 1. The molecule has 1 aromatic carbocycles. The van der Waals surface area contributed by atoms with Crippen molar-refractivity contribution in [3.8, 4) is 34.3 Å². The average Bonchev–Trinajstić information content (AvgIpc) is 3.38. The quantitative estimate of drug-likeness (QED) is 0.491. The number of pyridine rings is 1. The third-order valence-corrected chi connectivity index (χ3v) is 5.66. The number of nitriles is 1. The molecule has 2 N–H and O–H groups in total. The number of fused-ring (bicyclic) bond motifs is 7. The molecule has 1 aliphatic heterocycles. The van der Waals surface area contributed by atoms with Gasteiger partial charge < -0.3 is 10.5 Å². The lowest BCUT2D eigenvalue weighted by atomic mass is 9.97. The van der Waals surface area contributed by atoms with Gasteiger partial charge in [0.25, 0.3) is 0 Å². The molecule has 5 rings (SSSR count). The monoisotopic (exact) mass is 429 g/mol. The van der Waals surface area contributed by atoms with Crippen LogP contribution in [0.2, 0.25) is 0 Å². The molecule has 0 saturated carbocycles. The summed E-state index contributed by atoms with van der Waals surface area (Å²) >= 11 is 0. The standard InChI is InChI=1S/C23H20FN7O/c1-3-30-21-14-6-20(23(26)27-9-14)32-13(2)19-7-17(24)4-5-18(19)22-15(8-25)10-29-31(22)12-16(21)11-28-30/h4-7,9-11,13H,3,12H2,1-2H3,(H2,26,27). The van der Waals surface area contributed by atoms with E-state index in [1.165, 1.54) is 18.3 Å². The molecule has 8 nitrogen and oxygen atoms in total. The Kier molecular flexibility index (Phi) is 4.63. The smallest absolute Gasteiger partial charge is 0.166 e. The number of nitrogens with zero attached hydrogens (tertiary/aromatic N) is 6. The third-order valence-electron chi connectivity index (χ3n) is 5.66. The maximum Gasteiger partial charge on any atom is 0.166 e. The molecule has 1 unspecified atom stereocenters. The molecular weight excluding hydrogens is 409 g/mol. The van der Waals surface area contributed by atoms with E-state index in [0.717, 1.165) is 16.8 Å². The first-order valence-electron chi connectivity index (χ1n) is 10.2. The van der Waals surface area contributed by atoms with Crippen LogP contribution in [0.1, 0.15) is 36.6 Å². The van der Waals surface area contributed by atoms with Crippen LogP contribution < -0.4 is 10.5 Å². The fourth-order valence-corrected chi connectivity index (χ4v) is 4.16. The molecule has 4 heterocycles. The number of ether oxygens (including phenoxy) is 1. The Morgan fingerprint density at radius 2 is 2.06 bits per heavy atom. The third kappa shape index (κ3) is 3.08. The first kappa shape index (κ1) is 19.8. The number of benzene rings is 1. The van der Waals surface area contributed by atoms with E-state index in [2.05, 4.69) is 21.3 Å². The fraction of sp³-hybridized carbons (Fsp3) is 0.217. The second kappa shape index (κ2) is 7.50. The van der Waals surface area contributed by atoms with Gasteiger partial charge in [0, 0.05) is 35.0 Å². The number of halogens is 1. The van der Waals surface area contributed by atoms with Crippen LogP contribution in [0.15, 0.2) is 42.9 Å². The zero-order chi connectivity index (χ0) is 22.4. The van der Waals surface area contributed by atoms with Gasteiger partial charge in [0.05, 0.1) is 35.9 Å². The lowest BCUT2D eigenvalue weighted by Crippen LogP contribution is -2.12. The zero-order valence-electron chi connectivity index (χ0n) is 17.6. The molecule has 160 valence electrons. The molecule has 0 radical (unpaired) electrons. The molecule has 2 bridgehead atoms. The van der Waals surface area contributed by atoms with E-state index < -0.39 is 11.9 Å². The van der Waals surface area contributed by atoms with Gasteiger partial charge in [-0.2, -0.15) is 15.5 Å². The Morgan fingerprint density at radius 1 is 1.22 bits per heavy atom. The Hall–Kier alpha value is -4.19. The number of hydrogen-bond donors (Lipinski definition) is 1. The Morgan fingerprint density at radius 3 is 2.84 bits per heavy atom. The maximum absolute atomic E-state index is 14.3. The second-order valence-corrected chi connectivity index (χ2v) is 7.61. The highest BCUT2D eigenvalue weighted by atomic mass is 19.1. The van der Waals surface area contributed by atoms with Crippen LogP contribution in [-0.4, -0.2) is 24.5 Å². The molecule has 4 aromatic rings. The number of aromatic nitrogens is 5. The highest BCUT2D eigenvalue weighted by Crippen LogP contribution is 2.38. The predicted molar refractivity (Wildman–Crippen MR) is 116 cm³/mol. The molecule has 3 aromatic heterocycles. The molecule has 0 amide bonds. The summed E-state index contributed by atoms with van der Waals surface area (Å²) in [6.07, 6.45) is 4.43. The van der Waals surface area contributed by atoms with Crippen LogP contribution >= 0.6 is 0 Å². The number of nitrogens with two attached hydrogens (primary N) is 1. The predicted octanol–water partition coefficient (Wildman–Crippen LogP) is 3.92. The molecule has 1 aliphatic rings. The molecule has 1 atom stereocenters. The fourth-order valence-electron chi connectivity index (χ4n) is 4.16. The van der Waals surface area contributed by atoms with Gasteiger partial charge in [-0.15, -0.1) is 0 Å². The molecule has 0 saturated heterocycles. The summed E-state index contributed by atoms with van der Waals surface area (Å²) < 4.78 is 24.0. The van der Waals surface area contributed by atoms with Crippen LogP contribution in [0.5, 0.6) is 5.75 Å². The Bertz CT molecular complexity index is 1380. The van der Waals surface area contributed by atoms with E-state index in [4.69, 9.17) is 10.5 Å². The van der Waals surface area contributed by atoms with E-state index >= 15 is 0 Å². The van der Waals surface area contributed by atoms with Crippen LogP contribution in [0.4, 0.5) is 10.2 Å². The lowest BCUT2D eigenvalue weighted by Gasteiger charge is -2.22. The second-order valence-electron chi connectivity index (χ2n) is 7.61. The maximum atomic E-state index is 14.3. The van der Waals surface area contributed by atoms with Gasteiger partial charge in [0.15, 0.2) is 11.6 Å². The normalized spacial score (nSPS) is 14.8. The topological polar surface area (TPSA) is 108 Å². The minimum atomic E-state index is -0.565. The minimum absolute atomic E-state index is 0.238. The van der Waals surface area contributed by atoms with Crippen LogP contribution in [0.3, 0.4) is 0 Å². The van der Waals surface area contributed by atoms with E-state index in [-0.39, 0.29) is 5.82 Å². The van der Waals surface area contributed by atoms with E-state index in [9.17, 15) is 9.65 Å². The highest BCUT2D eigenvalue weighted by molar-refractivity contribution is 5.72. The summed E-state index contributed by atoms with van der Waals surface area (Å²) in [5.41, 5.74) is 10.9. The summed E-state index contributed by atoms with van der Waals surface area (Å²) in [6.45, 7) is 4.85. The average molecular weight is 429 g/mol. The zero-order valence-corrected chi connectivity index (χ0v) is 17.6. The molecule has 0 spiro atoms. The molecule has 9 heteroatoms. The van der Waals surface area contributed by atoms with Crippen molar-refractivity contribution in [2.75, 3.05) is 5.73 Å². The Labute approximate surface area is 183 Å². The number of anilines is 1. The van der Waals surface area contributed by atoms with Gasteiger partial charge in [-0.3, -0.25) is 9.36 Å².